The first kappa shape index (κ1) is 14.1. The first-order valence-electron chi connectivity index (χ1n) is 6.53. The highest BCUT2D eigenvalue weighted by Gasteiger charge is 2.09. The molecule has 0 aromatic heterocycles. The lowest BCUT2D eigenvalue weighted by molar-refractivity contribution is 0.175. The van der Waals surface area contributed by atoms with Crippen LogP contribution < -0.4 is 0 Å². The van der Waals surface area contributed by atoms with Gasteiger partial charge in [-0.3, -0.25) is 0 Å². The van der Waals surface area contributed by atoms with Crippen LogP contribution in [0.5, 0.6) is 0 Å². The molecule has 0 fully saturated rings. The Labute approximate surface area is 119 Å². The first-order chi connectivity index (χ1) is 9.04. The number of benzene rings is 2. The summed E-state index contributed by atoms with van der Waals surface area (Å²) in [7, 11) is 0. The topological polar surface area (TPSA) is 20.2 Å². The molecule has 0 spiro atoms. The van der Waals surface area contributed by atoms with Gasteiger partial charge in [0.2, 0.25) is 0 Å². The zero-order valence-corrected chi connectivity index (χ0v) is 12.1. The van der Waals surface area contributed by atoms with Crippen molar-refractivity contribution in [3.8, 4) is 0 Å². The zero-order chi connectivity index (χ0) is 13.8. The van der Waals surface area contributed by atoms with Crippen LogP contribution >= 0.6 is 11.6 Å². The Morgan fingerprint density at radius 2 is 1.84 bits per heavy atom. The summed E-state index contributed by atoms with van der Waals surface area (Å²) in [4.78, 5) is 0. The van der Waals surface area contributed by atoms with Crippen LogP contribution in [-0.4, -0.2) is 11.2 Å². The van der Waals surface area contributed by atoms with Gasteiger partial charge in [0, 0.05) is 5.02 Å². The molecule has 19 heavy (non-hydrogen) atoms. The number of aliphatic hydroxyl groups excluding tert-OH is 1. The molecule has 0 aliphatic carbocycles. The van der Waals surface area contributed by atoms with Crippen molar-refractivity contribution in [3.63, 3.8) is 0 Å². The van der Waals surface area contributed by atoms with E-state index in [1.165, 1.54) is 16.7 Å². The molecule has 0 aliphatic rings. The molecule has 1 unspecified atom stereocenters. The Hall–Kier alpha value is -1.31. The molecular formula is C17H19ClO. The second-order valence-corrected chi connectivity index (χ2v) is 5.56. The highest BCUT2D eigenvalue weighted by molar-refractivity contribution is 6.30. The molecular weight excluding hydrogens is 256 g/mol. The molecule has 1 atom stereocenters. The number of aryl methyl sites for hydroxylation is 2. The lowest BCUT2D eigenvalue weighted by Gasteiger charge is -2.13. The predicted molar refractivity (Wildman–Crippen MR) is 80.8 cm³/mol. The van der Waals surface area contributed by atoms with Crippen LogP contribution in [-0.2, 0) is 12.8 Å². The molecule has 0 radical (unpaired) electrons. The fraction of sp³-hybridized carbons (Fsp3) is 0.294. The van der Waals surface area contributed by atoms with Gasteiger partial charge >= 0.3 is 0 Å². The molecule has 0 amide bonds. The van der Waals surface area contributed by atoms with Gasteiger partial charge in [-0.15, -0.1) is 0 Å². The van der Waals surface area contributed by atoms with Gasteiger partial charge in [0.1, 0.15) is 0 Å². The van der Waals surface area contributed by atoms with E-state index in [-0.39, 0.29) is 6.10 Å². The summed E-state index contributed by atoms with van der Waals surface area (Å²) in [6, 6.07) is 14.0. The summed E-state index contributed by atoms with van der Waals surface area (Å²) in [5.74, 6) is 0. The molecule has 1 nitrogen and oxygen atoms in total. The van der Waals surface area contributed by atoms with E-state index in [0.29, 0.717) is 12.8 Å². The quantitative estimate of drug-likeness (QED) is 0.890. The van der Waals surface area contributed by atoms with E-state index in [4.69, 9.17) is 11.6 Å². The summed E-state index contributed by atoms with van der Waals surface area (Å²) in [5, 5.41) is 10.9. The summed E-state index contributed by atoms with van der Waals surface area (Å²) in [6.45, 7) is 4.16. The molecule has 0 saturated heterocycles. The molecule has 2 aromatic rings. The van der Waals surface area contributed by atoms with E-state index in [2.05, 4.69) is 32.0 Å². The van der Waals surface area contributed by atoms with E-state index >= 15 is 0 Å². The van der Waals surface area contributed by atoms with Gasteiger partial charge in [-0.25, -0.2) is 0 Å². The Morgan fingerprint density at radius 3 is 2.58 bits per heavy atom. The van der Waals surface area contributed by atoms with Gasteiger partial charge in [0.15, 0.2) is 0 Å². The van der Waals surface area contributed by atoms with Crippen molar-refractivity contribution in [3.05, 3.63) is 69.7 Å². The summed E-state index contributed by atoms with van der Waals surface area (Å²) >= 11 is 5.95. The summed E-state index contributed by atoms with van der Waals surface area (Å²) in [5.41, 5.74) is 4.76. The molecule has 100 valence electrons. The lowest BCUT2D eigenvalue weighted by atomic mass is 9.97. The highest BCUT2D eigenvalue weighted by atomic mass is 35.5. The van der Waals surface area contributed by atoms with Gasteiger partial charge < -0.3 is 5.11 Å². The average molecular weight is 275 g/mol. The molecule has 2 aromatic carbocycles. The van der Waals surface area contributed by atoms with Crippen LogP contribution in [0.2, 0.25) is 5.02 Å². The Morgan fingerprint density at radius 1 is 1.05 bits per heavy atom. The highest BCUT2D eigenvalue weighted by Crippen LogP contribution is 2.16. The Balaban J connectivity index is 2.05. The predicted octanol–water partition coefficient (Wildman–Crippen LogP) is 4.10. The fourth-order valence-corrected chi connectivity index (χ4v) is 2.50. The largest absolute Gasteiger partial charge is 0.392 e. The van der Waals surface area contributed by atoms with Gasteiger partial charge in [0.25, 0.3) is 0 Å². The SMILES string of the molecule is Cc1ccc(C)c(CC(O)Cc2cccc(Cl)c2)c1. The average Bonchev–Trinajstić information content (AvgIpc) is 2.34. The van der Waals surface area contributed by atoms with Crippen LogP contribution in [0.4, 0.5) is 0 Å². The van der Waals surface area contributed by atoms with Crippen molar-refractivity contribution >= 4 is 11.6 Å². The first-order valence-corrected chi connectivity index (χ1v) is 6.91. The Kier molecular flexibility index (Phi) is 4.62. The molecule has 0 aliphatic heterocycles. The van der Waals surface area contributed by atoms with E-state index in [0.717, 1.165) is 10.6 Å². The van der Waals surface area contributed by atoms with Crippen LogP contribution in [0.25, 0.3) is 0 Å². The molecule has 2 rings (SSSR count). The van der Waals surface area contributed by atoms with E-state index in [1.807, 2.05) is 24.3 Å². The van der Waals surface area contributed by atoms with Gasteiger partial charge in [-0.05, 0) is 55.5 Å². The maximum absolute atomic E-state index is 10.2. The number of aliphatic hydroxyl groups is 1. The van der Waals surface area contributed by atoms with E-state index in [9.17, 15) is 5.11 Å². The van der Waals surface area contributed by atoms with Crippen LogP contribution in [0.3, 0.4) is 0 Å². The minimum Gasteiger partial charge on any atom is -0.392 e. The third kappa shape index (κ3) is 4.09. The van der Waals surface area contributed by atoms with Crippen molar-refractivity contribution in [1.29, 1.82) is 0 Å². The van der Waals surface area contributed by atoms with Crippen LogP contribution in [0, 0.1) is 13.8 Å². The van der Waals surface area contributed by atoms with Crippen molar-refractivity contribution in [2.45, 2.75) is 32.8 Å². The molecule has 0 heterocycles. The van der Waals surface area contributed by atoms with Crippen molar-refractivity contribution in [2.24, 2.45) is 0 Å². The third-order valence-corrected chi connectivity index (χ3v) is 3.56. The summed E-state index contributed by atoms with van der Waals surface area (Å²) < 4.78 is 0. The maximum atomic E-state index is 10.2. The molecule has 2 heteroatoms. The minimum atomic E-state index is -0.376. The normalized spacial score (nSPS) is 12.4. The number of hydrogen-bond acceptors (Lipinski definition) is 1. The van der Waals surface area contributed by atoms with Gasteiger partial charge in [-0.1, -0.05) is 47.5 Å². The summed E-state index contributed by atoms with van der Waals surface area (Å²) in [6.07, 6.45) is 0.938. The van der Waals surface area contributed by atoms with Crippen molar-refractivity contribution < 1.29 is 5.11 Å². The third-order valence-electron chi connectivity index (χ3n) is 3.32. The zero-order valence-electron chi connectivity index (χ0n) is 11.4. The monoisotopic (exact) mass is 274 g/mol. The van der Waals surface area contributed by atoms with Crippen LogP contribution in [0.15, 0.2) is 42.5 Å². The maximum Gasteiger partial charge on any atom is 0.0620 e. The van der Waals surface area contributed by atoms with Gasteiger partial charge in [-0.2, -0.15) is 0 Å². The minimum absolute atomic E-state index is 0.376. The molecule has 1 N–H and O–H groups in total. The number of hydrogen-bond donors (Lipinski definition) is 1. The Bertz CT molecular complexity index is 563. The molecule has 0 bridgehead atoms. The van der Waals surface area contributed by atoms with E-state index in [1.54, 1.807) is 0 Å². The molecule has 0 saturated carbocycles. The van der Waals surface area contributed by atoms with Gasteiger partial charge in [0.05, 0.1) is 6.10 Å². The second-order valence-electron chi connectivity index (χ2n) is 5.12. The van der Waals surface area contributed by atoms with Crippen LogP contribution in [0.1, 0.15) is 22.3 Å². The second kappa shape index (κ2) is 6.23. The van der Waals surface area contributed by atoms with E-state index < -0.39 is 0 Å². The fourth-order valence-electron chi connectivity index (χ4n) is 2.28. The number of halogens is 1. The number of rotatable bonds is 4. The van der Waals surface area contributed by atoms with Crippen molar-refractivity contribution in [2.75, 3.05) is 0 Å². The standard InChI is InChI=1S/C17H19ClO/c1-12-6-7-13(2)15(8-12)11-17(19)10-14-4-3-5-16(18)9-14/h3-9,17,19H,10-11H2,1-2H3. The smallest absolute Gasteiger partial charge is 0.0620 e. The lowest BCUT2D eigenvalue weighted by Crippen LogP contribution is -2.14. The van der Waals surface area contributed by atoms with Crippen molar-refractivity contribution in [1.82, 2.24) is 0 Å².